The van der Waals surface area contributed by atoms with Gasteiger partial charge in [0.25, 0.3) is 0 Å². The summed E-state index contributed by atoms with van der Waals surface area (Å²) in [5, 5.41) is 6.29. The van der Waals surface area contributed by atoms with E-state index in [1.54, 1.807) is 0 Å². The SMILES string of the molecule is CCOCCC(=O)NCC1CCCNC1.Cl. The standard InChI is InChI=1S/C11H22N2O2.ClH/c1-2-15-7-5-11(14)13-9-10-4-3-6-12-8-10;/h10,12H,2-9H2,1H3,(H,13,14);1H. The van der Waals surface area contributed by atoms with Gasteiger partial charge in [-0.15, -0.1) is 12.4 Å². The minimum Gasteiger partial charge on any atom is -0.381 e. The Morgan fingerprint density at radius 1 is 1.56 bits per heavy atom. The maximum Gasteiger partial charge on any atom is 0.222 e. The molecule has 0 saturated carbocycles. The number of carbonyl (C=O) groups excluding carboxylic acids is 1. The Kier molecular flexibility index (Phi) is 9.68. The zero-order valence-electron chi connectivity index (χ0n) is 9.96. The predicted molar refractivity (Wildman–Crippen MR) is 67.0 cm³/mol. The number of nitrogens with one attached hydrogen (secondary N) is 2. The van der Waals surface area contributed by atoms with Crippen LogP contribution in [0.1, 0.15) is 26.2 Å². The molecule has 0 aromatic carbocycles. The van der Waals surface area contributed by atoms with Crippen LogP contribution in [0.2, 0.25) is 0 Å². The molecule has 1 fully saturated rings. The van der Waals surface area contributed by atoms with Gasteiger partial charge in [0, 0.05) is 19.6 Å². The molecule has 1 atom stereocenters. The Morgan fingerprint density at radius 2 is 2.38 bits per heavy atom. The Balaban J connectivity index is 0.00000225. The average Bonchev–Trinajstić information content (AvgIpc) is 2.28. The van der Waals surface area contributed by atoms with Crippen LogP contribution >= 0.6 is 12.4 Å². The first-order valence-electron chi connectivity index (χ1n) is 5.88. The van der Waals surface area contributed by atoms with Crippen LogP contribution in [0.15, 0.2) is 0 Å². The summed E-state index contributed by atoms with van der Waals surface area (Å²) in [6.45, 7) is 6.11. The van der Waals surface area contributed by atoms with Gasteiger partial charge >= 0.3 is 0 Å². The molecule has 1 aliphatic rings. The van der Waals surface area contributed by atoms with Crippen molar-refractivity contribution in [3.05, 3.63) is 0 Å². The van der Waals surface area contributed by atoms with Crippen molar-refractivity contribution < 1.29 is 9.53 Å². The minimum atomic E-state index is 0. The number of ether oxygens (including phenoxy) is 1. The topological polar surface area (TPSA) is 50.4 Å². The third-order valence-electron chi connectivity index (χ3n) is 2.66. The van der Waals surface area contributed by atoms with Crippen molar-refractivity contribution in [2.75, 3.05) is 32.8 Å². The molecule has 0 aromatic heterocycles. The monoisotopic (exact) mass is 250 g/mol. The van der Waals surface area contributed by atoms with Crippen LogP contribution in [0.4, 0.5) is 0 Å². The molecule has 16 heavy (non-hydrogen) atoms. The highest BCUT2D eigenvalue weighted by atomic mass is 35.5. The third-order valence-corrected chi connectivity index (χ3v) is 2.66. The van der Waals surface area contributed by atoms with Gasteiger partial charge in [0.15, 0.2) is 0 Å². The molecule has 2 N–H and O–H groups in total. The van der Waals surface area contributed by atoms with Crippen LogP contribution in [0.25, 0.3) is 0 Å². The van der Waals surface area contributed by atoms with Crippen molar-refractivity contribution in [1.82, 2.24) is 10.6 Å². The third kappa shape index (κ3) is 7.04. The summed E-state index contributed by atoms with van der Waals surface area (Å²) in [5.74, 6) is 0.712. The number of hydrogen-bond acceptors (Lipinski definition) is 3. The number of carbonyl (C=O) groups is 1. The minimum absolute atomic E-state index is 0. The maximum atomic E-state index is 11.3. The zero-order chi connectivity index (χ0) is 10.9. The number of hydrogen-bond donors (Lipinski definition) is 2. The van der Waals surface area contributed by atoms with E-state index in [9.17, 15) is 4.79 Å². The molecule has 1 amide bonds. The van der Waals surface area contributed by atoms with Gasteiger partial charge < -0.3 is 15.4 Å². The van der Waals surface area contributed by atoms with Gasteiger partial charge in [0.05, 0.1) is 6.61 Å². The summed E-state index contributed by atoms with van der Waals surface area (Å²) in [4.78, 5) is 11.3. The summed E-state index contributed by atoms with van der Waals surface area (Å²) in [6, 6.07) is 0. The fraction of sp³-hybridized carbons (Fsp3) is 0.909. The molecule has 0 aliphatic carbocycles. The van der Waals surface area contributed by atoms with Crippen molar-refractivity contribution in [2.24, 2.45) is 5.92 Å². The molecule has 96 valence electrons. The molecule has 4 nitrogen and oxygen atoms in total. The largest absolute Gasteiger partial charge is 0.381 e. The van der Waals surface area contributed by atoms with E-state index in [2.05, 4.69) is 10.6 Å². The quantitative estimate of drug-likeness (QED) is 0.691. The van der Waals surface area contributed by atoms with Crippen LogP contribution < -0.4 is 10.6 Å². The molecule has 5 heteroatoms. The molecule has 1 aliphatic heterocycles. The number of rotatable bonds is 6. The lowest BCUT2D eigenvalue weighted by Gasteiger charge is -2.22. The van der Waals surface area contributed by atoms with Crippen LogP contribution in [-0.4, -0.2) is 38.8 Å². The van der Waals surface area contributed by atoms with Crippen molar-refractivity contribution in [3.63, 3.8) is 0 Å². The van der Waals surface area contributed by atoms with Gasteiger partial charge in [-0.25, -0.2) is 0 Å². The van der Waals surface area contributed by atoms with Gasteiger partial charge in [-0.2, -0.15) is 0 Å². The van der Waals surface area contributed by atoms with Gasteiger partial charge in [0.1, 0.15) is 0 Å². The van der Waals surface area contributed by atoms with E-state index in [-0.39, 0.29) is 18.3 Å². The second-order valence-electron chi connectivity index (χ2n) is 3.96. The Hall–Kier alpha value is -0.320. The lowest BCUT2D eigenvalue weighted by Crippen LogP contribution is -2.38. The number of amides is 1. The number of halogens is 1. The summed E-state index contributed by atoms with van der Waals surface area (Å²) < 4.78 is 5.12. The van der Waals surface area contributed by atoms with Gasteiger partial charge in [-0.3, -0.25) is 4.79 Å². The summed E-state index contributed by atoms with van der Waals surface area (Å²) in [6.07, 6.45) is 2.92. The molecule has 0 spiro atoms. The summed E-state index contributed by atoms with van der Waals surface area (Å²) in [7, 11) is 0. The second-order valence-corrected chi connectivity index (χ2v) is 3.96. The highest BCUT2D eigenvalue weighted by molar-refractivity contribution is 5.85. The van der Waals surface area contributed by atoms with Gasteiger partial charge in [0.2, 0.25) is 5.91 Å². The predicted octanol–water partition coefficient (Wildman–Crippen LogP) is 0.951. The van der Waals surface area contributed by atoms with E-state index in [0.717, 1.165) is 19.6 Å². The summed E-state index contributed by atoms with van der Waals surface area (Å²) in [5.41, 5.74) is 0. The molecule has 1 heterocycles. The molecule has 0 bridgehead atoms. The normalized spacial score (nSPS) is 19.9. The molecule has 1 rings (SSSR count). The lowest BCUT2D eigenvalue weighted by atomic mass is 10.00. The van der Waals surface area contributed by atoms with Gasteiger partial charge in [-0.1, -0.05) is 0 Å². The van der Waals surface area contributed by atoms with E-state index in [1.807, 2.05) is 6.92 Å². The van der Waals surface area contributed by atoms with E-state index in [4.69, 9.17) is 4.74 Å². The Labute approximate surface area is 104 Å². The smallest absolute Gasteiger partial charge is 0.222 e. The molecule has 0 aromatic rings. The fourth-order valence-corrected chi connectivity index (χ4v) is 1.75. The van der Waals surface area contributed by atoms with E-state index >= 15 is 0 Å². The van der Waals surface area contributed by atoms with E-state index in [1.165, 1.54) is 12.8 Å². The van der Waals surface area contributed by atoms with Crippen molar-refractivity contribution in [1.29, 1.82) is 0 Å². The van der Waals surface area contributed by atoms with Crippen molar-refractivity contribution in [2.45, 2.75) is 26.2 Å². The first-order chi connectivity index (χ1) is 7.33. The zero-order valence-corrected chi connectivity index (χ0v) is 10.8. The highest BCUT2D eigenvalue weighted by Crippen LogP contribution is 2.07. The maximum absolute atomic E-state index is 11.3. The van der Waals surface area contributed by atoms with Crippen molar-refractivity contribution in [3.8, 4) is 0 Å². The summed E-state index contributed by atoms with van der Waals surface area (Å²) >= 11 is 0. The second kappa shape index (κ2) is 9.87. The molecular formula is C11H23ClN2O2. The molecule has 0 radical (unpaired) electrons. The van der Waals surface area contributed by atoms with E-state index < -0.39 is 0 Å². The van der Waals surface area contributed by atoms with Gasteiger partial charge in [-0.05, 0) is 38.8 Å². The van der Waals surface area contributed by atoms with Crippen molar-refractivity contribution >= 4 is 18.3 Å². The highest BCUT2D eigenvalue weighted by Gasteiger charge is 2.13. The van der Waals surface area contributed by atoms with Crippen LogP contribution in [0.5, 0.6) is 0 Å². The molecule has 1 unspecified atom stereocenters. The Bertz CT molecular complexity index is 185. The van der Waals surface area contributed by atoms with Crippen LogP contribution in [0, 0.1) is 5.92 Å². The molecular weight excluding hydrogens is 228 g/mol. The van der Waals surface area contributed by atoms with Crippen LogP contribution in [0.3, 0.4) is 0 Å². The first-order valence-corrected chi connectivity index (χ1v) is 5.88. The number of piperidine rings is 1. The first kappa shape index (κ1) is 15.7. The average molecular weight is 251 g/mol. The van der Waals surface area contributed by atoms with E-state index in [0.29, 0.717) is 25.6 Å². The van der Waals surface area contributed by atoms with Crippen LogP contribution in [-0.2, 0) is 9.53 Å². The fourth-order valence-electron chi connectivity index (χ4n) is 1.75. The lowest BCUT2D eigenvalue weighted by molar-refractivity contribution is -0.122. The molecule has 1 saturated heterocycles. The Morgan fingerprint density at radius 3 is 3.00 bits per heavy atom.